The minimum atomic E-state index is -0.625. The third-order valence-electron chi connectivity index (χ3n) is 0.634. The van der Waals surface area contributed by atoms with Crippen molar-refractivity contribution in [3.8, 4) is 24.5 Å². The van der Waals surface area contributed by atoms with Crippen molar-refractivity contribution in [2.24, 2.45) is 5.92 Å². The Balaban J connectivity index is 3.68. The summed E-state index contributed by atoms with van der Waals surface area (Å²) < 4.78 is 0. The van der Waals surface area contributed by atoms with E-state index in [2.05, 4.69) is 5.92 Å². The predicted octanol–water partition coefficient (Wildman–Crippen LogP) is 0.673. The van der Waals surface area contributed by atoms with Gasteiger partial charge in [0.1, 0.15) is 5.92 Å². The maximum absolute atomic E-state index is 8.09. The van der Waals surface area contributed by atoms with E-state index in [-0.39, 0.29) is 6.42 Å². The number of terminal acetylenes is 1. The molecule has 0 aliphatic rings. The van der Waals surface area contributed by atoms with E-state index in [1.165, 1.54) is 0 Å². The maximum atomic E-state index is 8.09. The monoisotopic (exact) mass is 104 g/mol. The van der Waals surface area contributed by atoms with Crippen LogP contribution in [0, 0.1) is 40.9 Å². The first-order valence-corrected chi connectivity index (χ1v) is 2.08. The zero-order chi connectivity index (χ0) is 6.41. The molecule has 0 aromatic rings. The summed E-state index contributed by atoms with van der Waals surface area (Å²) >= 11 is 0. The van der Waals surface area contributed by atoms with Crippen LogP contribution in [0.25, 0.3) is 0 Å². The molecule has 0 saturated carbocycles. The van der Waals surface area contributed by atoms with Gasteiger partial charge in [0.15, 0.2) is 0 Å². The van der Waals surface area contributed by atoms with E-state index in [1.54, 1.807) is 12.1 Å². The number of hydrogen-bond acceptors (Lipinski definition) is 2. The average molecular weight is 104 g/mol. The Morgan fingerprint density at radius 3 is 2.00 bits per heavy atom. The van der Waals surface area contributed by atoms with Crippen LogP contribution in [0.3, 0.4) is 0 Å². The highest BCUT2D eigenvalue weighted by atomic mass is 14.3. The Labute approximate surface area is 48.3 Å². The molecule has 0 radical (unpaired) electrons. The molecule has 0 spiro atoms. The fraction of sp³-hybridized carbons (Fsp3) is 0.333. The highest BCUT2D eigenvalue weighted by Crippen LogP contribution is 1.95. The van der Waals surface area contributed by atoms with Crippen LogP contribution >= 0.6 is 0 Å². The van der Waals surface area contributed by atoms with Crippen LogP contribution in [0.5, 0.6) is 0 Å². The third kappa shape index (κ3) is 1.85. The molecular formula is C6H4N2. The molecule has 0 heterocycles. The summed E-state index contributed by atoms with van der Waals surface area (Å²) in [6.07, 6.45) is 5.06. The summed E-state index contributed by atoms with van der Waals surface area (Å²) in [5.74, 6) is 1.60. The van der Waals surface area contributed by atoms with E-state index in [0.29, 0.717) is 0 Å². The summed E-state index contributed by atoms with van der Waals surface area (Å²) in [5.41, 5.74) is 0. The lowest BCUT2D eigenvalue weighted by atomic mass is 10.1. The van der Waals surface area contributed by atoms with Gasteiger partial charge in [0.05, 0.1) is 12.1 Å². The van der Waals surface area contributed by atoms with Crippen molar-refractivity contribution in [2.45, 2.75) is 6.42 Å². The molecule has 0 saturated heterocycles. The van der Waals surface area contributed by atoms with Crippen molar-refractivity contribution < 1.29 is 0 Å². The topological polar surface area (TPSA) is 47.6 Å². The second-order valence-electron chi connectivity index (χ2n) is 1.22. The van der Waals surface area contributed by atoms with Crippen molar-refractivity contribution in [3.05, 3.63) is 0 Å². The zero-order valence-corrected chi connectivity index (χ0v) is 4.26. The van der Waals surface area contributed by atoms with Crippen LogP contribution < -0.4 is 0 Å². The van der Waals surface area contributed by atoms with Gasteiger partial charge in [-0.15, -0.1) is 12.3 Å². The number of nitriles is 2. The van der Waals surface area contributed by atoms with Crippen LogP contribution in [0.15, 0.2) is 0 Å². The van der Waals surface area contributed by atoms with Gasteiger partial charge in [-0.3, -0.25) is 0 Å². The van der Waals surface area contributed by atoms with Crippen LogP contribution in [-0.4, -0.2) is 0 Å². The molecule has 0 aromatic heterocycles. The van der Waals surface area contributed by atoms with Gasteiger partial charge in [0.25, 0.3) is 0 Å². The van der Waals surface area contributed by atoms with Gasteiger partial charge in [-0.25, -0.2) is 0 Å². The molecule has 0 atom stereocenters. The highest BCUT2D eigenvalue weighted by Gasteiger charge is 1.99. The van der Waals surface area contributed by atoms with Gasteiger partial charge in [0, 0.05) is 6.42 Å². The van der Waals surface area contributed by atoms with Crippen LogP contribution in [-0.2, 0) is 0 Å². The molecule has 0 rings (SSSR count). The molecular weight excluding hydrogens is 100 g/mol. The van der Waals surface area contributed by atoms with Gasteiger partial charge in [-0.2, -0.15) is 10.5 Å². The van der Waals surface area contributed by atoms with Crippen molar-refractivity contribution in [2.75, 3.05) is 0 Å². The van der Waals surface area contributed by atoms with E-state index in [9.17, 15) is 0 Å². The summed E-state index contributed by atoms with van der Waals surface area (Å²) in [7, 11) is 0. The molecule has 0 aliphatic carbocycles. The highest BCUT2D eigenvalue weighted by molar-refractivity contribution is 5.05. The van der Waals surface area contributed by atoms with Crippen LogP contribution in [0.4, 0.5) is 0 Å². The van der Waals surface area contributed by atoms with E-state index in [4.69, 9.17) is 16.9 Å². The Bertz CT molecular complexity index is 160. The maximum Gasteiger partial charge on any atom is 0.144 e. The molecule has 0 amide bonds. The minimum absolute atomic E-state index is 0.229. The lowest BCUT2D eigenvalue weighted by Gasteiger charge is -1.84. The number of rotatable bonds is 1. The molecule has 0 unspecified atom stereocenters. The molecule has 0 aliphatic heterocycles. The van der Waals surface area contributed by atoms with E-state index in [0.717, 1.165) is 0 Å². The molecule has 0 N–H and O–H groups in total. The molecule has 2 nitrogen and oxygen atoms in total. The van der Waals surface area contributed by atoms with Crippen molar-refractivity contribution >= 4 is 0 Å². The number of hydrogen-bond donors (Lipinski definition) is 0. The fourth-order valence-corrected chi connectivity index (χ4v) is 0.238. The second kappa shape index (κ2) is 3.72. The number of nitrogens with zero attached hydrogens (tertiary/aromatic N) is 2. The van der Waals surface area contributed by atoms with Crippen molar-refractivity contribution in [3.63, 3.8) is 0 Å². The van der Waals surface area contributed by atoms with Gasteiger partial charge in [-0.05, 0) is 0 Å². The fourth-order valence-electron chi connectivity index (χ4n) is 0.238. The molecule has 8 heavy (non-hydrogen) atoms. The quantitative estimate of drug-likeness (QED) is 0.459. The molecule has 38 valence electrons. The predicted molar refractivity (Wildman–Crippen MR) is 28.2 cm³/mol. The van der Waals surface area contributed by atoms with Crippen molar-refractivity contribution in [1.82, 2.24) is 0 Å². The Hall–Kier alpha value is -1.46. The Morgan fingerprint density at radius 1 is 1.38 bits per heavy atom. The van der Waals surface area contributed by atoms with Gasteiger partial charge in [-0.1, -0.05) is 0 Å². The first kappa shape index (κ1) is 6.54. The SMILES string of the molecule is C#CCC(C#N)C#N. The van der Waals surface area contributed by atoms with E-state index < -0.39 is 5.92 Å². The summed E-state index contributed by atoms with van der Waals surface area (Å²) in [5, 5.41) is 16.2. The summed E-state index contributed by atoms with van der Waals surface area (Å²) in [4.78, 5) is 0. The Kier molecular flexibility index (Phi) is 3.04. The van der Waals surface area contributed by atoms with Gasteiger partial charge in [0.2, 0.25) is 0 Å². The standard InChI is InChI=1S/C6H4N2/c1-2-3-6(4-7)5-8/h1,6H,3H2. The lowest BCUT2D eigenvalue weighted by Crippen LogP contribution is -1.87. The zero-order valence-electron chi connectivity index (χ0n) is 4.26. The van der Waals surface area contributed by atoms with E-state index >= 15 is 0 Å². The van der Waals surface area contributed by atoms with Crippen molar-refractivity contribution in [1.29, 1.82) is 10.5 Å². The largest absolute Gasteiger partial charge is 0.197 e. The first-order valence-electron chi connectivity index (χ1n) is 2.08. The van der Waals surface area contributed by atoms with E-state index in [1.807, 2.05) is 0 Å². The molecule has 0 aromatic carbocycles. The second-order valence-corrected chi connectivity index (χ2v) is 1.22. The molecule has 2 heteroatoms. The summed E-state index contributed by atoms with van der Waals surface area (Å²) in [6, 6.07) is 3.50. The van der Waals surface area contributed by atoms with Gasteiger partial charge >= 0.3 is 0 Å². The van der Waals surface area contributed by atoms with Gasteiger partial charge < -0.3 is 0 Å². The molecule has 0 bridgehead atoms. The average Bonchev–Trinajstić information content (AvgIpc) is 1.83. The first-order chi connectivity index (χ1) is 3.85. The van der Waals surface area contributed by atoms with Crippen LogP contribution in [0.2, 0.25) is 0 Å². The van der Waals surface area contributed by atoms with Crippen LogP contribution in [0.1, 0.15) is 6.42 Å². The summed E-state index contributed by atoms with van der Waals surface area (Å²) in [6.45, 7) is 0. The lowest BCUT2D eigenvalue weighted by molar-refractivity contribution is 0.883. The minimum Gasteiger partial charge on any atom is -0.197 e. The smallest absolute Gasteiger partial charge is 0.144 e. The molecule has 0 fully saturated rings. The third-order valence-corrected chi connectivity index (χ3v) is 0.634. The Morgan fingerprint density at radius 2 is 1.88 bits per heavy atom. The normalized spacial score (nSPS) is 6.75.